The quantitative estimate of drug-likeness (QED) is 0.854. The van der Waals surface area contributed by atoms with E-state index in [2.05, 4.69) is 41.0 Å². The third-order valence-corrected chi connectivity index (χ3v) is 4.83. The van der Waals surface area contributed by atoms with Gasteiger partial charge in [0, 0.05) is 30.6 Å². The number of aryl methyl sites for hydroxylation is 2. The second kappa shape index (κ2) is 4.48. The van der Waals surface area contributed by atoms with E-state index in [1.54, 1.807) is 17.7 Å². The lowest BCUT2D eigenvalue weighted by atomic mass is 10.1. The number of piperazine rings is 1. The molecule has 4 nitrogen and oxygen atoms in total. The molecule has 0 radical (unpaired) electrons. The minimum absolute atomic E-state index is 0.483. The third-order valence-electron chi connectivity index (χ3n) is 3.72. The summed E-state index contributed by atoms with van der Waals surface area (Å²) in [4.78, 5) is 13.8. The van der Waals surface area contributed by atoms with Crippen LogP contribution < -0.4 is 10.2 Å². The largest absolute Gasteiger partial charge is 0.351 e. The first-order valence-corrected chi connectivity index (χ1v) is 7.18. The summed E-state index contributed by atoms with van der Waals surface area (Å²) >= 11 is 1.76. The summed E-state index contributed by atoms with van der Waals surface area (Å²) in [6.07, 6.45) is 1.70. The van der Waals surface area contributed by atoms with Crippen LogP contribution in [0.1, 0.15) is 17.4 Å². The van der Waals surface area contributed by atoms with E-state index in [4.69, 9.17) is 0 Å². The van der Waals surface area contributed by atoms with Crippen LogP contribution in [0, 0.1) is 13.8 Å². The smallest absolute Gasteiger partial charge is 0.141 e. The maximum Gasteiger partial charge on any atom is 0.141 e. The first-order chi connectivity index (χ1) is 8.68. The van der Waals surface area contributed by atoms with Crippen LogP contribution in [0.2, 0.25) is 0 Å². The number of nitrogens with zero attached hydrogens (tertiary/aromatic N) is 3. The van der Waals surface area contributed by atoms with E-state index in [0.29, 0.717) is 6.04 Å². The number of thiophene rings is 1. The Kier molecular flexibility index (Phi) is 2.95. The number of hydrogen-bond acceptors (Lipinski definition) is 5. The Morgan fingerprint density at radius 2 is 2.22 bits per heavy atom. The summed E-state index contributed by atoms with van der Waals surface area (Å²) in [6, 6.07) is 0.483. The van der Waals surface area contributed by atoms with Gasteiger partial charge >= 0.3 is 0 Å². The molecule has 2 aromatic heterocycles. The van der Waals surface area contributed by atoms with Gasteiger partial charge in [0.25, 0.3) is 0 Å². The van der Waals surface area contributed by atoms with Crippen molar-refractivity contribution in [2.75, 3.05) is 24.5 Å². The molecule has 18 heavy (non-hydrogen) atoms. The highest BCUT2D eigenvalue weighted by molar-refractivity contribution is 7.18. The van der Waals surface area contributed by atoms with E-state index >= 15 is 0 Å². The van der Waals surface area contributed by atoms with Crippen molar-refractivity contribution in [2.45, 2.75) is 26.8 Å². The van der Waals surface area contributed by atoms with Gasteiger partial charge in [0.2, 0.25) is 0 Å². The number of aromatic nitrogens is 2. The Bertz CT molecular complexity index is 578. The molecule has 0 saturated carbocycles. The van der Waals surface area contributed by atoms with E-state index < -0.39 is 0 Å². The fourth-order valence-electron chi connectivity index (χ4n) is 2.54. The van der Waals surface area contributed by atoms with Crippen LogP contribution in [-0.4, -0.2) is 35.6 Å². The van der Waals surface area contributed by atoms with Gasteiger partial charge in [-0.3, -0.25) is 0 Å². The molecule has 1 fully saturated rings. The number of rotatable bonds is 1. The van der Waals surface area contributed by atoms with Crippen molar-refractivity contribution in [1.29, 1.82) is 0 Å². The van der Waals surface area contributed by atoms with Crippen LogP contribution >= 0.6 is 11.3 Å². The molecule has 0 bridgehead atoms. The summed E-state index contributed by atoms with van der Waals surface area (Å²) in [5, 5.41) is 4.66. The predicted octanol–water partition coefficient (Wildman–Crippen LogP) is 2.11. The van der Waals surface area contributed by atoms with Gasteiger partial charge in [-0.25, -0.2) is 9.97 Å². The van der Waals surface area contributed by atoms with Gasteiger partial charge in [-0.2, -0.15) is 0 Å². The molecule has 1 atom stereocenters. The second-order valence-electron chi connectivity index (χ2n) is 4.91. The van der Waals surface area contributed by atoms with Gasteiger partial charge in [-0.1, -0.05) is 0 Å². The molecule has 2 aromatic rings. The van der Waals surface area contributed by atoms with E-state index in [0.717, 1.165) is 30.3 Å². The molecule has 1 unspecified atom stereocenters. The van der Waals surface area contributed by atoms with E-state index in [1.807, 2.05) is 0 Å². The minimum Gasteiger partial charge on any atom is -0.351 e. The van der Waals surface area contributed by atoms with Gasteiger partial charge in [0.05, 0.1) is 5.39 Å². The molecule has 1 aliphatic rings. The molecule has 96 valence electrons. The van der Waals surface area contributed by atoms with Crippen LogP contribution in [0.3, 0.4) is 0 Å². The van der Waals surface area contributed by atoms with Crippen molar-refractivity contribution in [1.82, 2.24) is 15.3 Å². The molecule has 0 amide bonds. The fourth-order valence-corrected chi connectivity index (χ4v) is 3.53. The monoisotopic (exact) mass is 262 g/mol. The number of nitrogens with one attached hydrogen (secondary N) is 1. The average molecular weight is 262 g/mol. The van der Waals surface area contributed by atoms with Crippen molar-refractivity contribution in [3.05, 3.63) is 16.8 Å². The van der Waals surface area contributed by atoms with Gasteiger partial charge in [0.15, 0.2) is 0 Å². The predicted molar refractivity (Wildman–Crippen MR) is 76.6 cm³/mol. The SMILES string of the molecule is Cc1sc2ncnc(N3CCNCC3C)c2c1C. The Labute approximate surface area is 111 Å². The van der Waals surface area contributed by atoms with E-state index in [1.165, 1.54) is 15.8 Å². The molecule has 0 aromatic carbocycles. The van der Waals surface area contributed by atoms with Crippen LogP contribution in [0.25, 0.3) is 10.2 Å². The van der Waals surface area contributed by atoms with Crippen LogP contribution in [0.15, 0.2) is 6.33 Å². The summed E-state index contributed by atoms with van der Waals surface area (Å²) in [6.45, 7) is 9.64. The van der Waals surface area contributed by atoms with Gasteiger partial charge in [0.1, 0.15) is 17.0 Å². The minimum atomic E-state index is 0.483. The highest BCUT2D eigenvalue weighted by Crippen LogP contribution is 2.34. The lowest BCUT2D eigenvalue weighted by molar-refractivity contribution is 0.498. The van der Waals surface area contributed by atoms with Crippen molar-refractivity contribution >= 4 is 27.4 Å². The first kappa shape index (κ1) is 11.9. The lowest BCUT2D eigenvalue weighted by Crippen LogP contribution is -2.50. The highest BCUT2D eigenvalue weighted by atomic mass is 32.1. The molecule has 1 saturated heterocycles. The van der Waals surface area contributed by atoms with Gasteiger partial charge in [-0.15, -0.1) is 11.3 Å². The van der Waals surface area contributed by atoms with Crippen molar-refractivity contribution in [3.8, 4) is 0 Å². The summed E-state index contributed by atoms with van der Waals surface area (Å²) < 4.78 is 0. The maximum absolute atomic E-state index is 4.55. The lowest BCUT2D eigenvalue weighted by Gasteiger charge is -2.35. The zero-order valence-electron chi connectivity index (χ0n) is 11.0. The Morgan fingerprint density at radius 1 is 1.39 bits per heavy atom. The molecular weight excluding hydrogens is 244 g/mol. The number of anilines is 1. The summed E-state index contributed by atoms with van der Waals surface area (Å²) in [7, 11) is 0. The zero-order chi connectivity index (χ0) is 12.7. The van der Waals surface area contributed by atoms with E-state index in [9.17, 15) is 0 Å². The highest BCUT2D eigenvalue weighted by Gasteiger charge is 2.23. The van der Waals surface area contributed by atoms with Crippen molar-refractivity contribution in [3.63, 3.8) is 0 Å². The average Bonchev–Trinajstić information content (AvgIpc) is 2.66. The van der Waals surface area contributed by atoms with Crippen LogP contribution in [0.5, 0.6) is 0 Å². The molecular formula is C13H18N4S. The second-order valence-corrected chi connectivity index (χ2v) is 6.11. The Balaban J connectivity index is 2.16. The number of hydrogen-bond donors (Lipinski definition) is 1. The molecule has 1 aliphatic heterocycles. The molecule has 1 N–H and O–H groups in total. The van der Waals surface area contributed by atoms with Crippen LogP contribution in [0.4, 0.5) is 5.82 Å². The van der Waals surface area contributed by atoms with Crippen molar-refractivity contribution < 1.29 is 0 Å². The molecule has 5 heteroatoms. The first-order valence-electron chi connectivity index (χ1n) is 6.36. The molecule has 0 spiro atoms. The zero-order valence-corrected chi connectivity index (χ0v) is 11.8. The fraction of sp³-hybridized carbons (Fsp3) is 0.538. The van der Waals surface area contributed by atoms with Crippen molar-refractivity contribution in [2.24, 2.45) is 0 Å². The Morgan fingerprint density at radius 3 is 3.00 bits per heavy atom. The standard InChI is InChI=1S/C13H18N4S/c1-8-6-14-4-5-17(8)12-11-9(2)10(3)18-13(11)16-7-15-12/h7-8,14H,4-6H2,1-3H3. The normalized spacial score (nSPS) is 20.6. The Hall–Kier alpha value is -1.20. The topological polar surface area (TPSA) is 41.1 Å². The summed E-state index contributed by atoms with van der Waals surface area (Å²) in [5.74, 6) is 1.11. The molecule has 3 rings (SSSR count). The molecule has 3 heterocycles. The third kappa shape index (κ3) is 1.78. The molecule has 0 aliphatic carbocycles. The maximum atomic E-state index is 4.55. The van der Waals surface area contributed by atoms with Crippen LogP contribution in [-0.2, 0) is 0 Å². The van der Waals surface area contributed by atoms with Gasteiger partial charge in [-0.05, 0) is 26.3 Å². The van der Waals surface area contributed by atoms with Gasteiger partial charge < -0.3 is 10.2 Å². The number of fused-ring (bicyclic) bond motifs is 1. The van der Waals surface area contributed by atoms with E-state index in [-0.39, 0.29) is 0 Å². The summed E-state index contributed by atoms with van der Waals surface area (Å²) in [5.41, 5.74) is 1.33.